The molecule has 1 aliphatic rings. The van der Waals surface area contributed by atoms with Crippen LogP contribution < -0.4 is 0 Å². The summed E-state index contributed by atoms with van der Waals surface area (Å²) in [5, 5.41) is 0. The summed E-state index contributed by atoms with van der Waals surface area (Å²) in [6.45, 7) is 4.06. The molecule has 0 unspecified atom stereocenters. The third-order valence-corrected chi connectivity index (χ3v) is 2.25. The topological polar surface area (TPSA) is 29.5 Å². The van der Waals surface area contributed by atoms with Gasteiger partial charge in [0.1, 0.15) is 0 Å². The second kappa shape index (κ2) is 5.60. The molecule has 0 radical (unpaired) electrons. The van der Waals surface area contributed by atoms with E-state index in [0.717, 1.165) is 13.0 Å². The summed E-state index contributed by atoms with van der Waals surface area (Å²) in [7, 11) is 1.69. The summed E-state index contributed by atoms with van der Waals surface area (Å²) in [6, 6.07) is 0. The molecule has 0 atom stereocenters. The smallest absolute Gasteiger partial charge is 0.246 e. The minimum absolute atomic E-state index is 0.0974. The first kappa shape index (κ1) is 11.0. The highest BCUT2D eigenvalue weighted by Crippen LogP contribution is 2.11. The molecule has 3 nitrogen and oxygen atoms in total. The molecule has 1 rings (SSSR count). The van der Waals surface area contributed by atoms with Crippen LogP contribution in [0.2, 0.25) is 0 Å². The van der Waals surface area contributed by atoms with Gasteiger partial charge in [-0.2, -0.15) is 0 Å². The number of hydrogen-bond donors (Lipinski definition) is 0. The highest BCUT2D eigenvalue weighted by atomic mass is 16.5. The maximum atomic E-state index is 11.4. The standard InChI is InChI=1S/C11H17NO2/c1-3-4-11(13)12-7-5-10(6-8-12)9-14-2/h3-5H,6-9H2,1-2H3/b4-3+. The number of allylic oxidation sites excluding steroid dienone is 1. The van der Waals surface area contributed by atoms with E-state index < -0.39 is 0 Å². The van der Waals surface area contributed by atoms with Crippen LogP contribution in [0, 0.1) is 0 Å². The largest absolute Gasteiger partial charge is 0.380 e. The molecule has 0 aliphatic carbocycles. The van der Waals surface area contributed by atoms with Gasteiger partial charge in [-0.1, -0.05) is 12.2 Å². The fourth-order valence-corrected chi connectivity index (χ4v) is 1.48. The SMILES string of the molecule is C/C=C/C(=O)N1CC=C(COC)CC1. The van der Waals surface area contributed by atoms with Gasteiger partial charge in [-0.15, -0.1) is 0 Å². The first-order chi connectivity index (χ1) is 6.77. The van der Waals surface area contributed by atoms with Crippen molar-refractivity contribution in [3.8, 4) is 0 Å². The van der Waals surface area contributed by atoms with Crippen molar-refractivity contribution in [3.63, 3.8) is 0 Å². The highest BCUT2D eigenvalue weighted by molar-refractivity contribution is 5.87. The van der Waals surface area contributed by atoms with Crippen molar-refractivity contribution in [2.45, 2.75) is 13.3 Å². The summed E-state index contributed by atoms with van der Waals surface area (Å²) in [5.74, 6) is 0.0974. The molecule has 3 heteroatoms. The minimum atomic E-state index is 0.0974. The fourth-order valence-electron chi connectivity index (χ4n) is 1.48. The average molecular weight is 195 g/mol. The van der Waals surface area contributed by atoms with Gasteiger partial charge >= 0.3 is 0 Å². The zero-order valence-corrected chi connectivity index (χ0v) is 8.82. The first-order valence-electron chi connectivity index (χ1n) is 4.86. The van der Waals surface area contributed by atoms with Gasteiger partial charge < -0.3 is 9.64 Å². The molecule has 0 aromatic rings. The Morgan fingerprint density at radius 1 is 1.71 bits per heavy atom. The molecule has 0 saturated carbocycles. The summed E-state index contributed by atoms with van der Waals surface area (Å²) in [4.78, 5) is 13.3. The minimum Gasteiger partial charge on any atom is -0.380 e. The van der Waals surface area contributed by atoms with E-state index in [2.05, 4.69) is 6.08 Å². The first-order valence-corrected chi connectivity index (χ1v) is 4.86. The van der Waals surface area contributed by atoms with Gasteiger partial charge in [-0.25, -0.2) is 0 Å². The molecule has 0 spiro atoms. The number of hydrogen-bond acceptors (Lipinski definition) is 2. The van der Waals surface area contributed by atoms with Crippen molar-refractivity contribution >= 4 is 5.91 Å². The molecule has 0 bridgehead atoms. The van der Waals surface area contributed by atoms with E-state index in [1.165, 1.54) is 5.57 Å². The summed E-state index contributed by atoms with van der Waals surface area (Å²) < 4.78 is 5.04. The van der Waals surface area contributed by atoms with Crippen molar-refractivity contribution in [3.05, 3.63) is 23.8 Å². The molecule has 0 aromatic heterocycles. The fraction of sp³-hybridized carbons (Fsp3) is 0.545. The van der Waals surface area contributed by atoms with E-state index >= 15 is 0 Å². The Morgan fingerprint density at radius 3 is 3.00 bits per heavy atom. The molecule has 1 heterocycles. The third kappa shape index (κ3) is 3.00. The molecule has 78 valence electrons. The highest BCUT2D eigenvalue weighted by Gasteiger charge is 2.14. The molecule has 1 amide bonds. The van der Waals surface area contributed by atoms with Crippen molar-refractivity contribution in [1.82, 2.24) is 4.90 Å². The predicted molar refractivity (Wildman–Crippen MR) is 56.0 cm³/mol. The number of carbonyl (C=O) groups excluding carboxylic acids is 1. The molecule has 14 heavy (non-hydrogen) atoms. The molecule has 1 aliphatic heterocycles. The Kier molecular flexibility index (Phi) is 4.40. The quantitative estimate of drug-likeness (QED) is 0.503. The molecule has 0 fully saturated rings. The van der Waals surface area contributed by atoms with Crippen molar-refractivity contribution in [2.24, 2.45) is 0 Å². The van der Waals surface area contributed by atoms with Crippen LogP contribution in [0.5, 0.6) is 0 Å². The Bertz CT molecular complexity index is 256. The van der Waals surface area contributed by atoms with E-state index in [0.29, 0.717) is 13.2 Å². The molecule has 0 N–H and O–H groups in total. The molecular weight excluding hydrogens is 178 g/mol. The van der Waals surface area contributed by atoms with Crippen LogP contribution >= 0.6 is 0 Å². The lowest BCUT2D eigenvalue weighted by molar-refractivity contribution is -0.125. The van der Waals surface area contributed by atoms with Crippen LogP contribution in [0.4, 0.5) is 0 Å². The summed E-state index contributed by atoms with van der Waals surface area (Å²) in [6.07, 6.45) is 6.39. The Balaban J connectivity index is 2.45. The van der Waals surface area contributed by atoms with Crippen LogP contribution in [-0.4, -0.2) is 37.6 Å². The Labute approximate surface area is 85.0 Å². The van der Waals surface area contributed by atoms with Crippen LogP contribution in [-0.2, 0) is 9.53 Å². The predicted octanol–water partition coefficient (Wildman–Crippen LogP) is 1.37. The lowest BCUT2D eigenvalue weighted by atomic mass is 10.1. The van der Waals surface area contributed by atoms with Crippen LogP contribution in [0.3, 0.4) is 0 Å². The van der Waals surface area contributed by atoms with Gasteiger partial charge in [-0.05, 0) is 25.0 Å². The zero-order valence-electron chi connectivity index (χ0n) is 8.82. The number of nitrogens with zero attached hydrogens (tertiary/aromatic N) is 1. The molecule has 0 aromatic carbocycles. The van der Waals surface area contributed by atoms with Crippen LogP contribution in [0.25, 0.3) is 0 Å². The normalized spacial score (nSPS) is 17.3. The van der Waals surface area contributed by atoms with Gasteiger partial charge in [0.15, 0.2) is 0 Å². The third-order valence-electron chi connectivity index (χ3n) is 2.25. The van der Waals surface area contributed by atoms with Crippen LogP contribution in [0.15, 0.2) is 23.8 Å². The van der Waals surface area contributed by atoms with E-state index in [9.17, 15) is 4.79 Å². The van der Waals surface area contributed by atoms with E-state index in [-0.39, 0.29) is 5.91 Å². The van der Waals surface area contributed by atoms with Crippen molar-refractivity contribution in [2.75, 3.05) is 26.8 Å². The zero-order chi connectivity index (χ0) is 10.4. The lowest BCUT2D eigenvalue weighted by Gasteiger charge is -2.25. The number of amides is 1. The number of rotatable bonds is 3. The van der Waals surface area contributed by atoms with Crippen LogP contribution in [0.1, 0.15) is 13.3 Å². The lowest BCUT2D eigenvalue weighted by Crippen LogP contribution is -2.34. The van der Waals surface area contributed by atoms with Gasteiger partial charge in [0.25, 0.3) is 0 Å². The van der Waals surface area contributed by atoms with Crippen molar-refractivity contribution < 1.29 is 9.53 Å². The number of methoxy groups -OCH3 is 1. The van der Waals surface area contributed by atoms with E-state index in [1.54, 1.807) is 19.3 Å². The second-order valence-electron chi connectivity index (χ2n) is 3.33. The monoisotopic (exact) mass is 195 g/mol. The maximum Gasteiger partial charge on any atom is 0.246 e. The van der Waals surface area contributed by atoms with Gasteiger partial charge in [-0.3, -0.25) is 4.79 Å². The van der Waals surface area contributed by atoms with Gasteiger partial charge in [0.2, 0.25) is 5.91 Å². The maximum absolute atomic E-state index is 11.4. The Hall–Kier alpha value is -1.09. The summed E-state index contributed by atoms with van der Waals surface area (Å²) >= 11 is 0. The number of ether oxygens (including phenoxy) is 1. The average Bonchev–Trinajstić information content (AvgIpc) is 2.20. The van der Waals surface area contributed by atoms with E-state index in [4.69, 9.17) is 4.74 Å². The summed E-state index contributed by atoms with van der Waals surface area (Å²) in [5.41, 5.74) is 1.29. The second-order valence-corrected chi connectivity index (χ2v) is 3.33. The van der Waals surface area contributed by atoms with E-state index in [1.807, 2.05) is 11.8 Å². The number of carbonyl (C=O) groups is 1. The molecular formula is C11H17NO2. The van der Waals surface area contributed by atoms with Crippen molar-refractivity contribution in [1.29, 1.82) is 0 Å². The molecule has 0 saturated heterocycles. The van der Waals surface area contributed by atoms with Gasteiger partial charge in [0.05, 0.1) is 6.61 Å². The van der Waals surface area contributed by atoms with Gasteiger partial charge in [0, 0.05) is 20.2 Å². The Morgan fingerprint density at radius 2 is 2.50 bits per heavy atom.